The van der Waals surface area contributed by atoms with Gasteiger partial charge >= 0.3 is 0 Å². The number of H-pyrrole nitrogens is 1. The molecule has 5 aromatic rings. The molecule has 0 amide bonds. The molecule has 0 spiro atoms. The molecule has 1 N–H and O–H groups in total. The Morgan fingerprint density at radius 2 is 1.53 bits per heavy atom. The number of hydrogen-bond donors (Lipinski definition) is 1. The molecule has 0 aliphatic carbocycles. The van der Waals surface area contributed by atoms with Crippen molar-refractivity contribution < 1.29 is 8.78 Å². The SMILES string of the molecule is CC(C)(c1cccc(-c2ccc(F)nc2F)n1)c1cccc(-c2n[nH]c3ccncc23)n1. The summed E-state index contributed by atoms with van der Waals surface area (Å²) in [6, 6.07) is 15.4. The Hall–Kier alpha value is -4.07. The number of nitrogens with zero attached hydrogens (tertiary/aromatic N) is 5. The Bertz CT molecular complexity index is 1440. The number of halogens is 2. The van der Waals surface area contributed by atoms with Crippen LogP contribution in [0.3, 0.4) is 0 Å². The van der Waals surface area contributed by atoms with E-state index in [0.717, 1.165) is 22.7 Å². The van der Waals surface area contributed by atoms with Crippen LogP contribution >= 0.6 is 0 Å². The van der Waals surface area contributed by atoms with Crippen molar-refractivity contribution >= 4 is 10.9 Å². The third-order valence-corrected chi connectivity index (χ3v) is 5.48. The molecule has 158 valence electrons. The number of nitrogens with one attached hydrogen (secondary N) is 1. The molecule has 0 radical (unpaired) electrons. The van der Waals surface area contributed by atoms with E-state index >= 15 is 0 Å². The topological polar surface area (TPSA) is 80.2 Å². The second-order valence-corrected chi connectivity index (χ2v) is 7.91. The van der Waals surface area contributed by atoms with E-state index in [2.05, 4.69) is 25.1 Å². The summed E-state index contributed by atoms with van der Waals surface area (Å²) in [5.41, 5.74) is 3.69. The number of pyridine rings is 4. The van der Waals surface area contributed by atoms with Crippen molar-refractivity contribution in [3.05, 3.63) is 90.3 Å². The van der Waals surface area contributed by atoms with Crippen LogP contribution in [-0.2, 0) is 5.41 Å². The highest BCUT2D eigenvalue weighted by atomic mass is 19.1. The van der Waals surface area contributed by atoms with Gasteiger partial charge < -0.3 is 0 Å². The Kier molecular flexibility index (Phi) is 4.70. The van der Waals surface area contributed by atoms with Crippen molar-refractivity contribution in [1.82, 2.24) is 30.1 Å². The van der Waals surface area contributed by atoms with Crippen LogP contribution in [0, 0.1) is 11.9 Å². The second-order valence-electron chi connectivity index (χ2n) is 7.91. The minimum Gasteiger partial charge on any atom is -0.277 e. The molecule has 0 atom stereocenters. The highest BCUT2D eigenvalue weighted by molar-refractivity contribution is 5.91. The number of rotatable bonds is 4. The van der Waals surface area contributed by atoms with Crippen molar-refractivity contribution in [3.63, 3.8) is 0 Å². The van der Waals surface area contributed by atoms with Gasteiger partial charge in [-0.25, -0.2) is 0 Å². The molecule has 32 heavy (non-hydrogen) atoms. The van der Waals surface area contributed by atoms with E-state index in [9.17, 15) is 8.78 Å². The van der Waals surface area contributed by atoms with Gasteiger partial charge in [0.05, 0.1) is 33.9 Å². The fraction of sp³-hybridized carbons (Fsp3) is 0.125. The van der Waals surface area contributed by atoms with E-state index in [4.69, 9.17) is 4.98 Å². The van der Waals surface area contributed by atoms with Gasteiger partial charge in [0.1, 0.15) is 5.69 Å². The maximum absolute atomic E-state index is 14.2. The number of fused-ring (bicyclic) bond motifs is 1. The number of aromatic nitrogens is 6. The van der Waals surface area contributed by atoms with Crippen LogP contribution in [0.2, 0.25) is 0 Å². The zero-order valence-electron chi connectivity index (χ0n) is 17.3. The van der Waals surface area contributed by atoms with Crippen LogP contribution in [-0.4, -0.2) is 30.1 Å². The van der Waals surface area contributed by atoms with Crippen molar-refractivity contribution in [2.45, 2.75) is 19.3 Å². The highest BCUT2D eigenvalue weighted by Gasteiger charge is 2.28. The first-order valence-electron chi connectivity index (χ1n) is 9.99. The summed E-state index contributed by atoms with van der Waals surface area (Å²) in [7, 11) is 0. The first-order chi connectivity index (χ1) is 15.4. The predicted octanol–water partition coefficient (Wildman–Crippen LogP) is 5.08. The monoisotopic (exact) mass is 428 g/mol. The Morgan fingerprint density at radius 1 is 0.812 bits per heavy atom. The van der Waals surface area contributed by atoms with E-state index < -0.39 is 17.3 Å². The molecule has 0 saturated carbocycles. The largest absolute Gasteiger partial charge is 0.277 e. The Labute approximate surface area is 182 Å². The minimum atomic E-state index is -0.897. The molecule has 8 heteroatoms. The smallest absolute Gasteiger partial charge is 0.224 e. The van der Waals surface area contributed by atoms with Crippen LogP contribution in [0.4, 0.5) is 8.78 Å². The first-order valence-corrected chi connectivity index (χ1v) is 9.99. The van der Waals surface area contributed by atoms with Crippen molar-refractivity contribution in [1.29, 1.82) is 0 Å². The van der Waals surface area contributed by atoms with Gasteiger partial charge in [-0.15, -0.1) is 0 Å². The summed E-state index contributed by atoms with van der Waals surface area (Å²) < 4.78 is 27.4. The minimum absolute atomic E-state index is 0.140. The van der Waals surface area contributed by atoms with Crippen molar-refractivity contribution in [3.8, 4) is 22.6 Å². The third kappa shape index (κ3) is 3.39. The molecule has 5 heterocycles. The molecule has 5 aromatic heterocycles. The third-order valence-electron chi connectivity index (χ3n) is 5.48. The van der Waals surface area contributed by atoms with Crippen molar-refractivity contribution in [2.24, 2.45) is 0 Å². The van der Waals surface area contributed by atoms with E-state index in [1.807, 2.05) is 44.2 Å². The summed E-state index contributed by atoms with van der Waals surface area (Å²) in [6.07, 6.45) is 3.46. The molecule has 6 nitrogen and oxygen atoms in total. The van der Waals surface area contributed by atoms with E-state index in [1.165, 1.54) is 6.07 Å². The molecule has 0 aliphatic rings. The summed E-state index contributed by atoms with van der Waals surface area (Å²) in [4.78, 5) is 17.0. The van der Waals surface area contributed by atoms with Gasteiger partial charge in [0.25, 0.3) is 0 Å². The zero-order valence-corrected chi connectivity index (χ0v) is 17.3. The van der Waals surface area contributed by atoms with Crippen LogP contribution in [0.15, 0.2) is 67.0 Å². The van der Waals surface area contributed by atoms with E-state index in [-0.39, 0.29) is 5.56 Å². The summed E-state index contributed by atoms with van der Waals surface area (Å²) >= 11 is 0. The van der Waals surface area contributed by atoms with Gasteiger partial charge in [-0.2, -0.15) is 18.9 Å². The number of hydrogen-bond acceptors (Lipinski definition) is 5. The maximum Gasteiger partial charge on any atom is 0.224 e. The predicted molar refractivity (Wildman–Crippen MR) is 117 cm³/mol. The van der Waals surface area contributed by atoms with Gasteiger partial charge in [0, 0.05) is 23.2 Å². The van der Waals surface area contributed by atoms with Crippen LogP contribution in [0.5, 0.6) is 0 Å². The molecule has 0 unspecified atom stereocenters. The summed E-state index contributed by atoms with van der Waals surface area (Å²) in [5.74, 6) is -1.77. The lowest BCUT2D eigenvalue weighted by Crippen LogP contribution is -2.22. The normalized spacial score (nSPS) is 11.8. The van der Waals surface area contributed by atoms with E-state index in [1.54, 1.807) is 24.5 Å². The van der Waals surface area contributed by atoms with Crippen LogP contribution < -0.4 is 0 Å². The Balaban J connectivity index is 1.56. The van der Waals surface area contributed by atoms with Gasteiger partial charge in [0.15, 0.2) is 0 Å². The van der Waals surface area contributed by atoms with Crippen molar-refractivity contribution in [2.75, 3.05) is 0 Å². The quantitative estimate of drug-likeness (QED) is 0.404. The molecule has 5 rings (SSSR count). The van der Waals surface area contributed by atoms with Crippen LogP contribution in [0.25, 0.3) is 33.5 Å². The van der Waals surface area contributed by atoms with Crippen LogP contribution in [0.1, 0.15) is 25.2 Å². The molecule has 0 fully saturated rings. The lowest BCUT2D eigenvalue weighted by molar-refractivity contribution is 0.514. The summed E-state index contributed by atoms with van der Waals surface area (Å²) in [5, 5.41) is 8.29. The fourth-order valence-corrected chi connectivity index (χ4v) is 3.63. The van der Waals surface area contributed by atoms with E-state index in [0.29, 0.717) is 22.8 Å². The zero-order chi connectivity index (χ0) is 22.3. The lowest BCUT2D eigenvalue weighted by atomic mass is 9.84. The highest BCUT2D eigenvalue weighted by Crippen LogP contribution is 2.33. The van der Waals surface area contributed by atoms with Gasteiger partial charge in [-0.3, -0.25) is 20.1 Å². The number of aromatic amines is 1. The first kappa shape index (κ1) is 19.9. The average Bonchev–Trinajstić information content (AvgIpc) is 3.23. The molecule has 0 bridgehead atoms. The fourth-order valence-electron chi connectivity index (χ4n) is 3.63. The molecule has 0 aromatic carbocycles. The molecule has 0 aliphatic heterocycles. The average molecular weight is 428 g/mol. The van der Waals surface area contributed by atoms with Gasteiger partial charge in [0.2, 0.25) is 11.9 Å². The lowest BCUT2D eigenvalue weighted by Gasteiger charge is -2.24. The van der Waals surface area contributed by atoms with Gasteiger partial charge in [-0.1, -0.05) is 12.1 Å². The maximum atomic E-state index is 14.2. The molecular formula is C24H18F2N6. The molecular weight excluding hydrogens is 410 g/mol. The standard InChI is InChI=1S/C24H18F2N6/c1-24(2,19-7-3-5-16(28-19)14-9-10-21(25)30-23(14)26)20-8-4-6-18(29-20)22-15-13-27-12-11-17(15)31-32-22/h3-13H,1-2H3,(H,31,32). The second kappa shape index (κ2) is 7.56. The molecule has 0 saturated heterocycles. The summed E-state index contributed by atoms with van der Waals surface area (Å²) in [6.45, 7) is 3.99. The van der Waals surface area contributed by atoms with Gasteiger partial charge in [-0.05, 0) is 56.3 Å². The Morgan fingerprint density at radius 3 is 2.28 bits per heavy atom.